The summed E-state index contributed by atoms with van der Waals surface area (Å²) in [7, 11) is 0. The average molecular weight is 288 g/mol. The van der Waals surface area contributed by atoms with Crippen LogP contribution >= 0.6 is 0 Å². The van der Waals surface area contributed by atoms with Crippen LogP contribution in [0.3, 0.4) is 0 Å². The molecule has 0 fully saturated rings. The van der Waals surface area contributed by atoms with Crippen LogP contribution in [0.5, 0.6) is 11.5 Å². The van der Waals surface area contributed by atoms with Crippen LogP contribution in [0.15, 0.2) is 30.6 Å². The van der Waals surface area contributed by atoms with Gasteiger partial charge in [0.15, 0.2) is 11.5 Å². The molecule has 0 radical (unpaired) electrons. The van der Waals surface area contributed by atoms with Crippen molar-refractivity contribution >= 4 is 11.6 Å². The molecule has 1 amide bonds. The molecule has 0 unspecified atom stereocenters. The lowest BCUT2D eigenvalue weighted by Crippen LogP contribution is -2.18. The minimum atomic E-state index is -0.424. The summed E-state index contributed by atoms with van der Waals surface area (Å²) in [6.45, 7) is 1.78. The molecule has 0 saturated heterocycles. The Balaban J connectivity index is 1.67. The second-order valence-corrected chi connectivity index (χ2v) is 4.69. The molecule has 1 aliphatic rings. The fraction of sp³-hybridized carbons (Fsp3) is 0.286. The molecule has 3 rings (SSSR count). The summed E-state index contributed by atoms with van der Waals surface area (Å²) in [6, 6.07) is 5.80. The number of fused-ring (bicyclic) bond motifs is 1. The topological polar surface area (TPSA) is 91.4 Å². The predicted molar refractivity (Wildman–Crippen MR) is 76.2 cm³/mol. The minimum Gasteiger partial charge on any atom is -0.486 e. The van der Waals surface area contributed by atoms with Gasteiger partial charge in [-0.3, -0.25) is 9.48 Å². The number of amides is 1. The molecule has 2 aromatic rings. The molecule has 1 aliphatic heterocycles. The first-order chi connectivity index (χ1) is 10.2. The van der Waals surface area contributed by atoms with E-state index in [1.165, 1.54) is 4.68 Å². The maximum absolute atomic E-state index is 10.8. The monoisotopic (exact) mass is 288 g/mol. The van der Waals surface area contributed by atoms with Crippen molar-refractivity contribution in [2.75, 3.05) is 18.5 Å². The van der Waals surface area contributed by atoms with E-state index >= 15 is 0 Å². The van der Waals surface area contributed by atoms with Crippen LogP contribution in [-0.4, -0.2) is 28.9 Å². The highest BCUT2D eigenvalue weighted by Crippen LogP contribution is 2.33. The van der Waals surface area contributed by atoms with Crippen molar-refractivity contribution in [2.45, 2.75) is 13.1 Å². The van der Waals surface area contributed by atoms with E-state index in [9.17, 15) is 4.79 Å². The summed E-state index contributed by atoms with van der Waals surface area (Å²) < 4.78 is 12.7. The second-order valence-electron chi connectivity index (χ2n) is 4.69. The molecule has 7 heteroatoms. The number of hydrogen-bond donors (Lipinski definition) is 2. The normalized spacial score (nSPS) is 13.0. The van der Waals surface area contributed by atoms with E-state index < -0.39 is 5.91 Å². The van der Waals surface area contributed by atoms with Gasteiger partial charge in [-0.2, -0.15) is 5.10 Å². The molecule has 0 spiro atoms. The molecule has 21 heavy (non-hydrogen) atoms. The maximum atomic E-state index is 10.8. The number of anilines is 1. The van der Waals surface area contributed by atoms with Crippen molar-refractivity contribution in [3.63, 3.8) is 0 Å². The fourth-order valence-electron chi connectivity index (χ4n) is 2.17. The number of aromatic nitrogens is 2. The number of rotatable bonds is 5. The lowest BCUT2D eigenvalue weighted by atomic mass is 10.1. The summed E-state index contributed by atoms with van der Waals surface area (Å²) in [5.74, 6) is 1.12. The summed E-state index contributed by atoms with van der Waals surface area (Å²) in [5.41, 5.74) is 6.94. The van der Waals surface area contributed by atoms with Gasteiger partial charge in [0.1, 0.15) is 19.8 Å². The number of primary amides is 1. The number of nitrogens with two attached hydrogens (primary N) is 1. The number of carbonyl (C=O) groups excluding carboxylic acids is 1. The smallest absolute Gasteiger partial charge is 0.239 e. The van der Waals surface area contributed by atoms with Crippen molar-refractivity contribution in [1.82, 2.24) is 9.78 Å². The SMILES string of the molecule is NC(=O)Cn1cc(NCc2cccc3c2OCCO3)cn1. The lowest BCUT2D eigenvalue weighted by Gasteiger charge is -2.21. The largest absolute Gasteiger partial charge is 0.486 e. The lowest BCUT2D eigenvalue weighted by molar-refractivity contribution is -0.118. The summed E-state index contributed by atoms with van der Waals surface area (Å²) in [5, 5.41) is 7.29. The molecule has 1 aromatic carbocycles. The summed E-state index contributed by atoms with van der Waals surface area (Å²) in [6.07, 6.45) is 3.38. The van der Waals surface area contributed by atoms with Gasteiger partial charge in [-0.05, 0) is 6.07 Å². The Morgan fingerprint density at radius 3 is 3.10 bits per heavy atom. The molecular formula is C14H16N4O3. The Morgan fingerprint density at radius 2 is 2.24 bits per heavy atom. The van der Waals surface area contributed by atoms with E-state index in [1.54, 1.807) is 12.4 Å². The van der Waals surface area contributed by atoms with Gasteiger partial charge in [-0.1, -0.05) is 12.1 Å². The molecular weight excluding hydrogens is 272 g/mol. The Hall–Kier alpha value is -2.70. The quantitative estimate of drug-likeness (QED) is 0.847. The highest BCUT2D eigenvalue weighted by Gasteiger charge is 2.15. The molecule has 0 saturated carbocycles. The van der Waals surface area contributed by atoms with E-state index in [4.69, 9.17) is 15.2 Å². The first-order valence-electron chi connectivity index (χ1n) is 6.64. The number of nitrogens with one attached hydrogen (secondary N) is 1. The average Bonchev–Trinajstić information content (AvgIpc) is 2.92. The van der Waals surface area contributed by atoms with Gasteiger partial charge < -0.3 is 20.5 Å². The van der Waals surface area contributed by atoms with E-state index in [0.717, 1.165) is 22.7 Å². The van der Waals surface area contributed by atoms with Crippen molar-refractivity contribution in [3.05, 3.63) is 36.2 Å². The van der Waals surface area contributed by atoms with Crippen molar-refractivity contribution in [2.24, 2.45) is 5.73 Å². The molecule has 0 atom stereocenters. The van der Waals surface area contributed by atoms with Crippen LogP contribution in [0, 0.1) is 0 Å². The molecule has 3 N–H and O–H groups in total. The van der Waals surface area contributed by atoms with E-state index in [0.29, 0.717) is 19.8 Å². The number of carbonyl (C=O) groups is 1. The van der Waals surface area contributed by atoms with Gasteiger partial charge >= 0.3 is 0 Å². The minimum absolute atomic E-state index is 0.0688. The van der Waals surface area contributed by atoms with Gasteiger partial charge in [0.25, 0.3) is 0 Å². The van der Waals surface area contributed by atoms with Crippen molar-refractivity contribution in [1.29, 1.82) is 0 Å². The number of ether oxygens (including phenoxy) is 2. The van der Waals surface area contributed by atoms with E-state index in [1.807, 2.05) is 18.2 Å². The van der Waals surface area contributed by atoms with Crippen LogP contribution < -0.4 is 20.5 Å². The van der Waals surface area contributed by atoms with Gasteiger partial charge in [-0.25, -0.2) is 0 Å². The van der Waals surface area contributed by atoms with Crippen LogP contribution in [0.25, 0.3) is 0 Å². The van der Waals surface area contributed by atoms with E-state index in [2.05, 4.69) is 10.4 Å². The Bertz CT molecular complexity index is 653. The molecule has 0 aliphatic carbocycles. The highest BCUT2D eigenvalue weighted by atomic mass is 16.6. The third-order valence-corrected chi connectivity index (χ3v) is 3.08. The molecule has 2 heterocycles. The van der Waals surface area contributed by atoms with Crippen molar-refractivity contribution < 1.29 is 14.3 Å². The standard InChI is InChI=1S/C14H16N4O3/c15-13(19)9-18-8-11(7-17-18)16-6-10-2-1-3-12-14(10)21-5-4-20-12/h1-3,7-8,16H,4-6,9H2,(H2,15,19). The number of nitrogens with zero attached hydrogens (tertiary/aromatic N) is 2. The van der Waals surface area contributed by atoms with Crippen LogP contribution in [0.1, 0.15) is 5.56 Å². The second kappa shape index (κ2) is 5.74. The zero-order chi connectivity index (χ0) is 14.7. The number of para-hydroxylation sites is 1. The predicted octanol–water partition coefficient (Wildman–Crippen LogP) is 0.752. The third kappa shape index (κ3) is 3.07. The van der Waals surface area contributed by atoms with Crippen molar-refractivity contribution in [3.8, 4) is 11.5 Å². The third-order valence-electron chi connectivity index (χ3n) is 3.08. The van der Waals surface area contributed by atoms with Crippen LogP contribution in [-0.2, 0) is 17.9 Å². The molecule has 0 bridgehead atoms. The Morgan fingerprint density at radius 1 is 1.38 bits per heavy atom. The van der Waals surface area contributed by atoms with E-state index in [-0.39, 0.29) is 6.54 Å². The molecule has 1 aromatic heterocycles. The molecule has 7 nitrogen and oxygen atoms in total. The Labute approximate surface area is 121 Å². The first kappa shape index (κ1) is 13.3. The van der Waals surface area contributed by atoms with Gasteiger partial charge in [0, 0.05) is 18.3 Å². The summed E-state index contributed by atoms with van der Waals surface area (Å²) >= 11 is 0. The van der Waals surface area contributed by atoms with Gasteiger partial charge in [-0.15, -0.1) is 0 Å². The zero-order valence-electron chi connectivity index (χ0n) is 11.4. The highest BCUT2D eigenvalue weighted by molar-refractivity contribution is 5.73. The van der Waals surface area contributed by atoms with Gasteiger partial charge in [0.05, 0.1) is 11.9 Å². The van der Waals surface area contributed by atoms with Crippen LogP contribution in [0.4, 0.5) is 5.69 Å². The number of hydrogen-bond acceptors (Lipinski definition) is 5. The summed E-state index contributed by atoms with van der Waals surface area (Å²) in [4.78, 5) is 10.8. The Kier molecular flexibility index (Phi) is 3.63. The number of benzene rings is 1. The first-order valence-corrected chi connectivity index (χ1v) is 6.64. The maximum Gasteiger partial charge on any atom is 0.239 e. The fourth-order valence-corrected chi connectivity index (χ4v) is 2.17. The zero-order valence-corrected chi connectivity index (χ0v) is 11.4. The molecule has 110 valence electrons. The van der Waals surface area contributed by atoms with Gasteiger partial charge in [0.2, 0.25) is 5.91 Å². The van der Waals surface area contributed by atoms with Crippen LogP contribution in [0.2, 0.25) is 0 Å².